The first kappa shape index (κ1) is 25.9. The Kier molecular flexibility index (Phi) is 5.35. The molecule has 5 rings (SSSR count). The summed E-state index contributed by atoms with van der Waals surface area (Å²) in [6.07, 6.45) is 9.56. The van der Waals surface area contributed by atoms with Crippen molar-refractivity contribution >= 4 is 28.4 Å². The number of hydrogen-bond donors (Lipinski definition) is 0. The normalized spacial score (nSPS) is 46.7. The largest absolute Gasteiger partial charge is 0.295 e. The van der Waals surface area contributed by atoms with E-state index in [0.29, 0.717) is 0 Å². The summed E-state index contributed by atoms with van der Waals surface area (Å²) in [5, 5.41) is 9.58. The van der Waals surface area contributed by atoms with Gasteiger partial charge in [-0.15, -0.1) is 0 Å². The molecule has 5 aliphatic rings. The number of carbonyl (C=O) groups excluding carboxylic acids is 3. The van der Waals surface area contributed by atoms with Gasteiger partial charge in [-0.3, -0.25) is 14.4 Å². The first-order valence-electron chi connectivity index (χ1n) is 13.6. The minimum Gasteiger partial charge on any atom is -0.295 e. The fourth-order valence-electron chi connectivity index (χ4n) is 9.98. The highest BCUT2D eigenvalue weighted by Crippen LogP contribution is 2.74. The Labute approximate surface area is 220 Å². The number of Topliss-reactive ketones (excluding diaryl/α,β-unsaturated/α-hetero) is 1. The lowest BCUT2D eigenvalue weighted by atomic mass is 9.34. The van der Waals surface area contributed by atoms with Crippen LogP contribution in [0, 0.1) is 61.6 Å². The van der Waals surface area contributed by atoms with Crippen molar-refractivity contribution in [2.24, 2.45) is 50.2 Å². The van der Waals surface area contributed by atoms with E-state index in [0.717, 1.165) is 50.5 Å². The summed E-state index contributed by atoms with van der Waals surface area (Å²) in [5.74, 6) is -0.261. The Morgan fingerprint density at radius 2 is 1.64 bits per heavy atom. The lowest BCUT2D eigenvalue weighted by molar-refractivity contribution is -0.173. The van der Waals surface area contributed by atoms with Gasteiger partial charge in [-0.1, -0.05) is 60.1 Å². The monoisotopic (exact) mass is 509 g/mol. The second kappa shape index (κ2) is 7.43. The van der Waals surface area contributed by atoms with Gasteiger partial charge in [-0.05, 0) is 90.7 Å². The van der Waals surface area contributed by atoms with Crippen molar-refractivity contribution in [3.8, 4) is 6.07 Å². The van der Waals surface area contributed by atoms with Crippen LogP contribution >= 0.6 is 11.6 Å². The Balaban J connectivity index is 1.71. The van der Waals surface area contributed by atoms with Gasteiger partial charge in [-0.2, -0.15) is 5.26 Å². The molecule has 3 saturated carbocycles. The molecule has 0 aromatic heterocycles. The van der Waals surface area contributed by atoms with Crippen molar-refractivity contribution in [3.63, 3.8) is 0 Å². The smallest absolute Gasteiger partial charge is 0.228 e. The molecule has 0 saturated heterocycles. The zero-order valence-electron chi connectivity index (χ0n) is 22.9. The summed E-state index contributed by atoms with van der Waals surface area (Å²) >= 11 is 6.36. The fraction of sp³-hybridized carbons (Fsp3) is 0.742. The number of halogens is 1. The highest BCUT2D eigenvalue weighted by atomic mass is 35.5. The molecule has 0 unspecified atom stereocenters. The standard InChI is InChI=1S/C31H40ClNO3/c1-26(2)10-12-31(25(32)36)13-11-30(7)23(19(31)16-26)20(34)14-22-28(5)15-18(17-33)24(35)27(3,4)21(28)8-9-29(22,30)6/h14-15,19,21,23H,8-13,16H2,1-7H3/t19-,21-,23-,28-,29+,30+,31-/m0/s1. The maximum absolute atomic E-state index is 14.3. The summed E-state index contributed by atoms with van der Waals surface area (Å²) < 4.78 is 0. The van der Waals surface area contributed by atoms with Gasteiger partial charge in [-0.25, -0.2) is 0 Å². The van der Waals surface area contributed by atoms with Crippen LogP contribution in [0.2, 0.25) is 0 Å². The molecule has 4 nitrogen and oxygen atoms in total. The maximum Gasteiger partial charge on any atom is 0.228 e. The molecule has 7 atom stereocenters. The molecule has 5 heteroatoms. The molecule has 0 spiro atoms. The summed E-state index contributed by atoms with van der Waals surface area (Å²) in [6.45, 7) is 15.2. The van der Waals surface area contributed by atoms with Crippen LogP contribution in [0.3, 0.4) is 0 Å². The molecule has 0 heterocycles. The molecule has 36 heavy (non-hydrogen) atoms. The van der Waals surface area contributed by atoms with Crippen LogP contribution in [0.4, 0.5) is 0 Å². The summed E-state index contributed by atoms with van der Waals surface area (Å²) in [6, 6.07) is 2.16. The number of rotatable bonds is 1. The van der Waals surface area contributed by atoms with Gasteiger partial charge in [0.25, 0.3) is 0 Å². The summed E-state index contributed by atoms with van der Waals surface area (Å²) in [7, 11) is 0. The highest BCUT2D eigenvalue weighted by molar-refractivity contribution is 6.64. The topological polar surface area (TPSA) is 75.0 Å². The van der Waals surface area contributed by atoms with E-state index in [4.69, 9.17) is 11.6 Å². The van der Waals surface area contributed by atoms with Crippen LogP contribution < -0.4 is 0 Å². The van der Waals surface area contributed by atoms with Crippen LogP contribution in [-0.4, -0.2) is 16.8 Å². The Morgan fingerprint density at radius 1 is 1.00 bits per heavy atom. The molecule has 0 aliphatic heterocycles. The second-order valence-corrected chi connectivity index (χ2v) is 15.0. The van der Waals surface area contributed by atoms with E-state index in [1.807, 2.05) is 26.0 Å². The highest BCUT2D eigenvalue weighted by Gasteiger charge is 2.70. The van der Waals surface area contributed by atoms with Gasteiger partial charge in [0.1, 0.15) is 6.07 Å². The van der Waals surface area contributed by atoms with E-state index in [9.17, 15) is 19.6 Å². The van der Waals surface area contributed by atoms with Crippen molar-refractivity contribution < 1.29 is 14.4 Å². The number of hydrogen-bond acceptors (Lipinski definition) is 4. The quantitative estimate of drug-likeness (QED) is 0.357. The Bertz CT molecular complexity index is 1190. The van der Waals surface area contributed by atoms with Gasteiger partial charge in [0.2, 0.25) is 5.24 Å². The number of carbonyl (C=O) groups is 3. The van der Waals surface area contributed by atoms with Crippen molar-refractivity contribution in [1.82, 2.24) is 0 Å². The molecule has 194 valence electrons. The average Bonchev–Trinajstić information content (AvgIpc) is 2.77. The molecule has 0 bridgehead atoms. The average molecular weight is 510 g/mol. The van der Waals surface area contributed by atoms with Gasteiger partial charge in [0.05, 0.1) is 5.57 Å². The predicted molar refractivity (Wildman–Crippen MR) is 140 cm³/mol. The van der Waals surface area contributed by atoms with Gasteiger partial charge >= 0.3 is 0 Å². The van der Waals surface area contributed by atoms with Gasteiger partial charge in [0, 0.05) is 22.2 Å². The number of allylic oxidation sites excluding steroid dienone is 4. The van der Waals surface area contributed by atoms with E-state index in [-0.39, 0.29) is 56.4 Å². The molecule has 0 amide bonds. The lowest BCUT2D eigenvalue weighted by Crippen LogP contribution is -2.65. The third-order valence-electron chi connectivity index (χ3n) is 12.3. The second-order valence-electron chi connectivity index (χ2n) is 14.7. The fourth-order valence-corrected chi connectivity index (χ4v) is 10.3. The predicted octanol–water partition coefficient (Wildman–Crippen LogP) is 6.97. The van der Waals surface area contributed by atoms with Crippen molar-refractivity contribution in [2.75, 3.05) is 0 Å². The molecule has 5 aliphatic carbocycles. The van der Waals surface area contributed by atoms with Crippen LogP contribution in [0.15, 0.2) is 23.3 Å². The van der Waals surface area contributed by atoms with E-state index >= 15 is 0 Å². The number of nitriles is 1. The van der Waals surface area contributed by atoms with Crippen molar-refractivity contribution in [1.29, 1.82) is 5.26 Å². The SMILES string of the molecule is CC1(C)CC[C@]2(C(=O)Cl)CC[C@]3(C)[C@H](C(=O)C=C4[C@@]5(C)C=C(C#N)C(=O)C(C)(C)[C@@H]5CC[C@]43C)[C@@H]2C1. The number of nitrogens with zero attached hydrogens (tertiary/aromatic N) is 1. The van der Waals surface area contributed by atoms with Crippen molar-refractivity contribution in [3.05, 3.63) is 23.3 Å². The molecular formula is C31H40ClNO3. The first-order valence-corrected chi connectivity index (χ1v) is 14.0. The minimum absolute atomic E-state index is 0.0302. The maximum atomic E-state index is 14.3. The Hall–Kier alpha value is -1.73. The molecular weight excluding hydrogens is 470 g/mol. The summed E-state index contributed by atoms with van der Waals surface area (Å²) in [5.41, 5.74) is -1.05. The molecule has 0 aromatic carbocycles. The number of fused-ring (bicyclic) bond motifs is 7. The third-order valence-corrected chi connectivity index (χ3v) is 12.6. The number of ketones is 2. The van der Waals surface area contributed by atoms with Crippen LogP contribution in [-0.2, 0) is 14.4 Å². The van der Waals surface area contributed by atoms with Gasteiger partial charge in [0.15, 0.2) is 11.6 Å². The lowest BCUT2D eigenvalue weighted by Gasteiger charge is -2.68. The first-order chi connectivity index (χ1) is 16.5. The van der Waals surface area contributed by atoms with Crippen LogP contribution in [0.25, 0.3) is 0 Å². The minimum atomic E-state index is -0.669. The van der Waals surface area contributed by atoms with Gasteiger partial charge < -0.3 is 0 Å². The van der Waals surface area contributed by atoms with E-state index in [1.54, 1.807) is 0 Å². The molecule has 0 aromatic rings. The molecule has 0 N–H and O–H groups in total. The zero-order valence-corrected chi connectivity index (χ0v) is 23.6. The molecule has 0 radical (unpaired) electrons. The van der Waals surface area contributed by atoms with E-state index in [1.165, 1.54) is 0 Å². The zero-order chi connectivity index (χ0) is 26.7. The molecule has 3 fully saturated rings. The van der Waals surface area contributed by atoms with Crippen LogP contribution in [0.1, 0.15) is 93.4 Å². The van der Waals surface area contributed by atoms with Crippen molar-refractivity contribution in [2.45, 2.75) is 93.4 Å². The van der Waals surface area contributed by atoms with Crippen LogP contribution in [0.5, 0.6) is 0 Å². The van der Waals surface area contributed by atoms with E-state index in [2.05, 4.69) is 40.7 Å². The third kappa shape index (κ3) is 2.96. The van der Waals surface area contributed by atoms with E-state index < -0.39 is 16.2 Å². The Morgan fingerprint density at radius 3 is 2.25 bits per heavy atom. The summed E-state index contributed by atoms with van der Waals surface area (Å²) in [4.78, 5) is 40.4.